The van der Waals surface area contributed by atoms with Gasteiger partial charge in [0.25, 0.3) is 11.8 Å². The lowest BCUT2D eigenvalue weighted by Crippen LogP contribution is -2.31. The molecule has 1 aliphatic rings. The van der Waals surface area contributed by atoms with Gasteiger partial charge in [0.05, 0.1) is 30.7 Å². The molecule has 0 saturated heterocycles. The average Bonchev–Trinajstić information content (AvgIpc) is 2.92. The minimum atomic E-state index is -0.398. The van der Waals surface area contributed by atoms with Crippen LogP contribution < -0.4 is 4.74 Å². The van der Waals surface area contributed by atoms with Crippen molar-refractivity contribution in [1.29, 1.82) is 0 Å². The molecule has 5 nitrogen and oxygen atoms in total. The summed E-state index contributed by atoms with van der Waals surface area (Å²) in [5.74, 6) is 0.0342. The van der Waals surface area contributed by atoms with Gasteiger partial charge in [0, 0.05) is 16.3 Å². The van der Waals surface area contributed by atoms with Gasteiger partial charge in [0.15, 0.2) is 0 Å². The monoisotopic (exact) mass is 403 g/mol. The number of ether oxygens (including phenoxy) is 1. The number of hydrogen-bond acceptors (Lipinski definition) is 5. The van der Waals surface area contributed by atoms with E-state index in [-0.39, 0.29) is 19.1 Å². The molecule has 1 N–H and O–H groups in total. The van der Waals surface area contributed by atoms with Crippen molar-refractivity contribution in [2.75, 3.05) is 19.5 Å². The Bertz CT molecular complexity index is 912. The molecule has 140 valence electrons. The van der Waals surface area contributed by atoms with Crippen molar-refractivity contribution in [1.82, 2.24) is 4.90 Å². The van der Waals surface area contributed by atoms with Gasteiger partial charge in [-0.15, -0.1) is 11.8 Å². The molecule has 1 aliphatic heterocycles. The lowest BCUT2D eigenvalue weighted by Gasteiger charge is -2.16. The SMILES string of the molecule is COc1ccccc1C1=C(SCCO)C(=O)N(Cc2ccccc2Cl)C1=O. The van der Waals surface area contributed by atoms with Crippen molar-refractivity contribution in [2.24, 2.45) is 0 Å². The number of hydrogen-bond donors (Lipinski definition) is 1. The number of thioether (sulfide) groups is 1. The summed E-state index contributed by atoms with van der Waals surface area (Å²) >= 11 is 7.36. The molecule has 0 bridgehead atoms. The lowest BCUT2D eigenvalue weighted by atomic mass is 10.0. The van der Waals surface area contributed by atoms with Crippen molar-refractivity contribution in [3.8, 4) is 5.75 Å². The highest BCUT2D eigenvalue weighted by Crippen LogP contribution is 2.40. The zero-order valence-corrected chi connectivity index (χ0v) is 16.2. The van der Waals surface area contributed by atoms with Gasteiger partial charge >= 0.3 is 0 Å². The number of amides is 2. The fourth-order valence-electron chi connectivity index (χ4n) is 2.86. The summed E-state index contributed by atoms with van der Waals surface area (Å²) in [6.07, 6.45) is 0. The van der Waals surface area contributed by atoms with Gasteiger partial charge in [-0.25, -0.2) is 0 Å². The lowest BCUT2D eigenvalue weighted by molar-refractivity contribution is -0.137. The Balaban J connectivity index is 2.03. The number of aliphatic hydroxyl groups is 1. The summed E-state index contributed by atoms with van der Waals surface area (Å²) in [5, 5.41) is 9.67. The van der Waals surface area contributed by atoms with Gasteiger partial charge in [-0.3, -0.25) is 14.5 Å². The zero-order valence-electron chi connectivity index (χ0n) is 14.6. The number of aliphatic hydroxyl groups excluding tert-OH is 1. The second-order valence-electron chi connectivity index (χ2n) is 5.76. The quantitative estimate of drug-likeness (QED) is 0.718. The van der Waals surface area contributed by atoms with E-state index in [0.29, 0.717) is 38.1 Å². The van der Waals surface area contributed by atoms with Crippen LogP contribution in [0.1, 0.15) is 11.1 Å². The van der Waals surface area contributed by atoms with E-state index < -0.39 is 5.91 Å². The third-order valence-corrected chi connectivity index (χ3v) is 5.55. The molecule has 0 radical (unpaired) electrons. The van der Waals surface area contributed by atoms with Gasteiger partial charge < -0.3 is 9.84 Å². The van der Waals surface area contributed by atoms with Gasteiger partial charge in [-0.05, 0) is 17.7 Å². The summed E-state index contributed by atoms with van der Waals surface area (Å²) in [7, 11) is 1.52. The predicted octanol–water partition coefficient (Wildman–Crippen LogP) is 3.35. The van der Waals surface area contributed by atoms with Crippen LogP contribution in [0.3, 0.4) is 0 Å². The van der Waals surface area contributed by atoms with Crippen molar-refractivity contribution >= 4 is 40.8 Å². The van der Waals surface area contributed by atoms with Crippen LogP contribution >= 0.6 is 23.4 Å². The van der Waals surface area contributed by atoms with Crippen LogP contribution in [0.25, 0.3) is 5.57 Å². The van der Waals surface area contributed by atoms with Gasteiger partial charge in [-0.2, -0.15) is 0 Å². The molecular weight excluding hydrogens is 386 g/mol. The van der Waals surface area contributed by atoms with Crippen LogP contribution in [0.4, 0.5) is 0 Å². The molecule has 2 amide bonds. The molecule has 3 rings (SSSR count). The minimum Gasteiger partial charge on any atom is -0.496 e. The van der Waals surface area contributed by atoms with E-state index in [4.69, 9.17) is 16.3 Å². The van der Waals surface area contributed by atoms with Crippen molar-refractivity contribution in [3.05, 3.63) is 69.6 Å². The molecule has 7 heteroatoms. The number of nitrogens with zero attached hydrogens (tertiary/aromatic N) is 1. The summed E-state index contributed by atoms with van der Waals surface area (Å²) in [5.41, 5.74) is 1.54. The van der Waals surface area contributed by atoms with Gasteiger partial charge in [0.2, 0.25) is 0 Å². The molecule has 1 heterocycles. The van der Waals surface area contributed by atoms with Crippen LogP contribution in [0.15, 0.2) is 53.4 Å². The second kappa shape index (κ2) is 8.61. The number of imide groups is 1. The number of benzene rings is 2. The maximum atomic E-state index is 13.1. The maximum Gasteiger partial charge on any atom is 0.268 e. The zero-order chi connectivity index (χ0) is 19.4. The summed E-state index contributed by atoms with van der Waals surface area (Å²) in [4.78, 5) is 27.6. The Morgan fingerprint density at radius 2 is 1.78 bits per heavy atom. The molecule has 0 unspecified atom stereocenters. The van der Waals surface area contributed by atoms with Crippen LogP contribution in [0.5, 0.6) is 5.75 Å². The Kier molecular flexibility index (Phi) is 6.21. The molecule has 0 saturated carbocycles. The van der Waals surface area contributed by atoms with E-state index in [1.54, 1.807) is 42.5 Å². The third kappa shape index (κ3) is 3.88. The minimum absolute atomic E-state index is 0.0825. The number of rotatable bonds is 7. The fraction of sp³-hybridized carbons (Fsp3) is 0.200. The third-order valence-electron chi connectivity index (χ3n) is 4.13. The first-order valence-electron chi connectivity index (χ1n) is 8.29. The Labute approximate surface area is 166 Å². The van der Waals surface area contributed by atoms with E-state index in [1.165, 1.54) is 23.8 Å². The van der Waals surface area contributed by atoms with E-state index in [0.717, 1.165) is 0 Å². The first-order chi connectivity index (χ1) is 13.1. The molecule has 0 aliphatic carbocycles. The number of methoxy groups -OCH3 is 1. The molecular formula is C20H18ClNO4S. The molecule has 0 aromatic heterocycles. The molecule has 27 heavy (non-hydrogen) atoms. The van der Waals surface area contributed by atoms with Crippen LogP contribution in [0, 0.1) is 0 Å². The van der Waals surface area contributed by atoms with Crippen LogP contribution in [-0.2, 0) is 16.1 Å². The highest BCUT2D eigenvalue weighted by atomic mass is 35.5. The smallest absolute Gasteiger partial charge is 0.268 e. The Morgan fingerprint density at radius 3 is 2.48 bits per heavy atom. The summed E-state index contributed by atoms with van der Waals surface area (Å²) in [6, 6.07) is 14.2. The predicted molar refractivity (Wildman–Crippen MR) is 106 cm³/mol. The molecule has 0 fully saturated rings. The number of carbonyl (C=O) groups excluding carboxylic acids is 2. The van der Waals surface area contributed by atoms with Gasteiger partial charge in [-0.1, -0.05) is 48.0 Å². The second-order valence-corrected chi connectivity index (χ2v) is 7.28. The first-order valence-corrected chi connectivity index (χ1v) is 9.65. The summed E-state index contributed by atoms with van der Waals surface area (Å²) in [6.45, 7) is -0.0153. The highest BCUT2D eigenvalue weighted by Gasteiger charge is 2.40. The normalized spacial score (nSPS) is 14.3. The van der Waals surface area contributed by atoms with E-state index in [2.05, 4.69) is 0 Å². The van der Waals surface area contributed by atoms with Gasteiger partial charge in [0.1, 0.15) is 5.75 Å². The van der Waals surface area contributed by atoms with Crippen LogP contribution in [0.2, 0.25) is 5.02 Å². The topological polar surface area (TPSA) is 66.8 Å². The number of carbonyl (C=O) groups is 2. The summed E-state index contributed by atoms with van der Waals surface area (Å²) < 4.78 is 5.37. The Hall–Kier alpha value is -2.28. The molecule has 0 atom stereocenters. The maximum absolute atomic E-state index is 13.1. The van der Waals surface area contributed by atoms with E-state index >= 15 is 0 Å². The molecule has 2 aromatic carbocycles. The standard InChI is InChI=1S/C20H18ClNO4S/c1-26-16-9-5-3-7-14(16)17-18(27-11-10-23)20(25)22(19(17)24)12-13-6-2-4-8-15(13)21/h2-9,23H,10-12H2,1H3. The van der Waals surface area contributed by atoms with E-state index in [1.807, 2.05) is 6.07 Å². The average molecular weight is 404 g/mol. The number of halogens is 1. The first kappa shape index (κ1) is 19.5. The van der Waals surface area contributed by atoms with Crippen molar-refractivity contribution < 1.29 is 19.4 Å². The molecule has 0 spiro atoms. The highest BCUT2D eigenvalue weighted by molar-refractivity contribution is 8.04. The fourth-order valence-corrected chi connectivity index (χ4v) is 3.93. The number of para-hydroxylation sites is 1. The van der Waals surface area contributed by atoms with Crippen molar-refractivity contribution in [3.63, 3.8) is 0 Å². The van der Waals surface area contributed by atoms with E-state index in [9.17, 15) is 14.7 Å². The molecule has 2 aromatic rings. The Morgan fingerprint density at radius 1 is 1.07 bits per heavy atom. The van der Waals surface area contributed by atoms with Crippen molar-refractivity contribution in [2.45, 2.75) is 6.54 Å². The van der Waals surface area contributed by atoms with Crippen LogP contribution in [-0.4, -0.2) is 41.3 Å². The largest absolute Gasteiger partial charge is 0.496 e.